The van der Waals surface area contributed by atoms with Crippen molar-refractivity contribution in [2.75, 3.05) is 39.0 Å². The number of nitrogens with zero attached hydrogens (tertiary/aromatic N) is 2. The van der Waals surface area contributed by atoms with Gasteiger partial charge in [-0.3, -0.25) is 4.99 Å². The van der Waals surface area contributed by atoms with Crippen LogP contribution in [0.3, 0.4) is 0 Å². The Morgan fingerprint density at radius 2 is 1.85 bits per heavy atom. The van der Waals surface area contributed by atoms with E-state index in [9.17, 15) is 8.42 Å². The quantitative estimate of drug-likeness (QED) is 0.519. The van der Waals surface area contributed by atoms with Crippen LogP contribution in [0.5, 0.6) is 0 Å². The van der Waals surface area contributed by atoms with Gasteiger partial charge in [0.25, 0.3) is 0 Å². The first kappa shape index (κ1) is 21.9. The smallest absolute Gasteiger partial charge is 0.216 e. The molecule has 0 radical (unpaired) electrons. The van der Waals surface area contributed by atoms with Crippen molar-refractivity contribution in [3.63, 3.8) is 0 Å². The van der Waals surface area contributed by atoms with Gasteiger partial charge in [-0.1, -0.05) is 29.8 Å². The summed E-state index contributed by atoms with van der Waals surface area (Å²) in [6, 6.07) is 7.70. The molecule has 2 rings (SSSR count). The molecule has 1 fully saturated rings. The van der Waals surface area contributed by atoms with Gasteiger partial charge in [-0.2, -0.15) is 4.31 Å². The van der Waals surface area contributed by atoms with E-state index in [1.54, 1.807) is 7.05 Å². The van der Waals surface area contributed by atoms with Crippen molar-refractivity contribution in [2.24, 2.45) is 4.99 Å². The number of aliphatic imine (C=N–C) groups is 1. The summed E-state index contributed by atoms with van der Waals surface area (Å²) in [6.45, 7) is 5.51. The van der Waals surface area contributed by atoms with Gasteiger partial charge in [-0.15, -0.1) is 0 Å². The Balaban J connectivity index is 1.76. The van der Waals surface area contributed by atoms with Gasteiger partial charge in [-0.25, -0.2) is 8.42 Å². The number of guanidine groups is 1. The summed E-state index contributed by atoms with van der Waals surface area (Å²) >= 11 is 6.15. The average molecular weight is 417 g/mol. The molecule has 0 spiro atoms. The number of rotatable bonds is 7. The molecule has 1 saturated heterocycles. The van der Waals surface area contributed by atoms with Crippen LogP contribution >= 0.6 is 11.6 Å². The second kappa shape index (κ2) is 10.3. The van der Waals surface area contributed by atoms with Crippen LogP contribution in [0, 0.1) is 0 Å². The van der Waals surface area contributed by atoms with Crippen LogP contribution in [0.4, 0.5) is 0 Å². The maximum Gasteiger partial charge on any atom is 0.216 e. The molecule has 0 aromatic heterocycles. The Hall–Kier alpha value is -1.35. The van der Waals surface area contributed by atoms with Crippen molar-refractivity contribution >= 4 is 27.6 Å². The fourth-order valence-electron chi connectivity index (χ4n) is 3.02. The Morgan fingerprint density at radius 3 is 2.48 bits per heavy atom. The lowest BCUT2D eigenvalue weighted by Crippen LogP contribution is -2.50. The standard InChI is InChI=1S/C18H29ClN4O3S/c1-14-12-23(13-15(2)26-14)27(24,25)11-10-22-18(20-3)21-9-8-16-6-4-5-7-17(16)19/h4-7,14-15H,8-13H2,1-3H3,(H2,20,21,22). The molecule has 2 unspecified atom stereocenters. The molecular formula is C18H29ClN4O3S. The van der Waals surface area contributed by atoms with E-state index in [-0.39, 0.29) is 24.5 Å². The number of hydrogen-bond acceptors (Lipinski definition) is 4. The number of ether oxygens (including phenoxy) is 1. The molecule has 0 amide bonds. The number of morpholine rings is 1. The maximum absolute atomic E-state index is 12.5. The molecule has 0 saturated carbocycles. The van der Waals surface area contributed by atoms with E-state index in [0.717, 1.165) is 17.0 Å². The highest BCUT2D eigenvalue weighted by Gasteiger charge is 2.30. The maximum atomic E-state index is 12.5. The van der Waals surface area contributed by atoms with Crippen molar-refractivity contribution in [3.05, 3.63) is 34.9 Å². The fourth-order valence-corrected chi connectivity index (χ4v) is 4.75. The minimum absolute atomic E-state index is 0.0116. The van der Waals surface area contributed by atoms with Crippen LogP contribution in [0.2, 0.25) is 5.02 Å². The summed E-state index contributed by atoms with van der Waals surface area (Å²) < 4.78 is 32.2. The molecule has 0 bridgehead atoms. The predicted octanol–water partition coefficient (Wildman–Crippen LogP) is 1.49. The van der Waals surface area contributed by atoms with Gasteiger partial charge in [0.2, 0.25) is 10.0 Å². The van der Waals surface area contributed by atoms with Gasteiger partial charge in [0.15, 0.2) is 5.96 Å². The third-order valence-electron chi connectivity index (χ3n) is 4.30. The Bertz CT molecular complexity index is 732. The van der Waals surface area contributed by atoms with Gasteiger partial charge in [0.1, 0.15) is 0 Å². The van der Waals surface area contributed by atoms with E-state index >= 15 is 0 Å². The van der Waals surface area contributed by atoms with Crippen LogP contribution in [-0.2, 0) is 21.2 Å². The lowest BCUT2D eigenvalue weighted by molar-refractivity contribution is -0.0440. The van der Waals surface area contributed by atoms with Crippen LogP contribution in [0.25, 0.3) is 0 Å². The van der Waals surface area contributed by atoms with E-state index in [1.807, 2.05) is 38.1 Å². The van der Waals surface area contributed by atoms with Crippen LogP contribution < -0.4 is 10.6 Å². The van der Waals surface area contributed by atoms with E-state index in [2.05, 4.69) is 15.6 Å². The van der Waals surface area contributed by atoms with Gasteiger partial charge < -0.3 is 15.4 Å². The zero-order valence-electron chi connectivity index (χ0n) is 16.1. The molecule has 1 aliphatic rings. The number of sulfonamides is 1. The van der Waals surface area contributed by atoms with Crippen molar-refractivity contribution in [2.45, 2.75) is 32.5 Å². The molecule has 152 valence electrons. The Morgan fingerprint density at radius 1 is 1.22 bits per heavy atom. The highest BCUT2D eigenvalue weighted by molar-refractivity contribution is 7.89. The molecule has 1 aromatic rings. The third kappa shape index (κ3) is 6.95. The third-order valence-corrected chi connectivity index (χ3v) is 6.47. The molecule has 1 aliphatic heterocycles. The van der Waals surface area contributed by atoms with Crippen molar-refractivity contribution < 1.29 is 13.2 Å². The SMILES string of the molecule is CN=C(NCCc1ccccc1Cl)NCCS(=O)(=O)N1CC(C)OC(C)C1. The van der Waals surface area contributed by atoms with Gasteiger partial charge in [-0.05, 0) is 31.9 Å². The van der Waals surface area contributed by atoms with Crippen LogP contribution in [-0.4, -0.2) is 69.9 Å². The average Bonchev–Trinajstić information content (AvgIpc) is 2.61. The van der Waals surface area contributed by atoms with Crippen LogP contribution in [0.1, 0.15) is 19.4 Å². The topological polar surface area (TPSA) is 83.0 Å². The van der Waals surface area contributed by atoms with E-state index in [1.165, 1.54) is 4.31 Å². The second-order valence-electron chi connectivity index (χ2n) is 6.66. The number of benzene rings is 1. The molecule has 27 heavy (non-hydrogen) atoms. The largest absolute Gasteiger partial charge is 0.373 e. The molecule has 1 heterocycles. The number of nitrogens with one attached hydrogen (secondary N) is 2. The summed E-state index contributed by atoms with van der Waals surface area (Å²) in [5, 5.41) is 6.97. The highest BCUT2D eigenvalue weighted by atomic mass is 35.5. The first-order valence-electron chi connectivity index (χ1n) is 9.13. The van der Waals surface area contributed by atoms with Gasteiger partial charge in [0, 0.05) is 38.2 Å². The summed E-state index contributed by atoms with van der Waals surface area (Å²) in [5.41, 5.74) is 1.06. The minimum Gasteiger partial charge on any atom is -0.373 e. The van der Waals surface area contributed by atoms with Crippen LogP contribution in [0.15, 0.2) is 29.3 Å². The van der Waals surface area contributed by atoms with Crippen molar-refractivity contribution in [1.82, 2.24) is 14.9 Å². The monoisotopic (exact) mass is 416 g/mol. The van der Waals surface area contributed by atoms with E-state index in [4.69, 9.17) is 16.3 Å². The van der Waals surface area contributed by atoms with Crippen molar-refractivity contribution in [3.8, 4) is 0 Å². The first-order chi connectivity index (χ1) is 12.8. The number of halogens is 1. The summed E-state index contributed by atoms with van der Waals surface area (Å²) in [4.78, 5) is 4.13. The predicted molar refractivity (Wildman–Crippen MR) is 110 cm³/mol. The Labute approximate surface area is 167 Å². The Kier molecular flexibility index (Phi) is 8.34. The first-order valence-corrected chi connectivity index (χ1v) is 11.1. The van der Waals surface area contributed by atoms with E-state index < -0.39 is 10.0 Å². The summed E-state index contributed by atoms with van der Waals surface area (Å²) in [6.07, 6.45) is 0.578. The van der Waals surface area contributed by atoms with E-state index in [0.29, 0.717) is 25.6 Å². The normalized spacial score (nSPS) is 21.9. The zero-order chi connectivity index (χ0) is 19.9. The molecule has 7 nitrogen and oxygen atoms in total. The zero-order valence-corrected chi connectivity index (χ0v) is 17.7. The lowest BCUT2D eigenvalue weighted by atomic mass is 10.1. The molecule has 1 aromatic carbocycles. The molecule has 2 atom stereocenters. The fraction of sp³-hybridized carbons (Fsp3) is 0.611. The molecule has 9 heteroatoms. The second-order valence-corrected chi connectivity index (χ2v) is 9.15. The molecular weight excluding hydrogens is 388 g/mol. The molecule has 2 N–H and O–H groups in total. The van der Waals surface area contributed by atoms with Gasteiger partial charge in [0.05, 0.1) is 18.0 Å². The molecule has 0 aliphatic carbocycles. The lowest BCUT2D eigenvalue weighted by Gasteiger charge is -2.34. The number of hydrogen-bond donors (Lipinski definition) is 2. The minimum atomic E-state index is -3.33. The summed E-state index contributed by atoms with van der Waals surface area (Å²) in [7, 11) is -1.67. The highest BCUT2D eigenvalue weighted by Crippen LogP contribution is 2.15. The van der Waals surface area contributed by atoms with Crippen molar-refractivity contribution in [1.29, 1.82) is 0 Å². The summed E-state index contributed by atoms with van der Waals surface area (Å²) in [5.74, 6) is 0.582. The van der Waals surface area contributed by atoms with Gasteiger partial charge >= 0.3 is 0 Å².